The Kier molecular flexibility index (Phi) is 3.20. The molecule has 108 valence electrons. The normalized spacial score (nSPS) is 23.9. The molecule has 0 unspecified atom stereocenters. The molecule has 4 heteroatoms. The number of guanidine groups is 1. The molecule has 1 aliphatic heterocycles. The van der Waals surface area contributed by atoms with Crippen LogP contribution in [-0.2, 0) is 0 Å². The summed E-state index contributed by atoms with van der Waals surface area (Å²) in [7, 11) is 0. The molecule has 1 aliphatic carbocycles. The van der Waals surface area contributed by atoms with Gasteiger partial charge >= 0.3 is 0 Å². The van der Waals surface area contributed by atoms with Gasteiger partial charge in [0, 0.05) is 0 Å². The van der Waals surface area contributed by atoms with Crippen molar-refractivity contribution in [1.82, 2.24) is 0 Å². The number of para-hydroxylation sites is 1. The second-order valence-corrected chi connectivity index (χ2v) is 7.26. The topological polar surface area (TPSA) is 41.6 Å². The van der Waals surface area contributed by atoms with Crippen molar-refractivity contribution < 1.29 is 0 Å². The summed E-state index contributed by atoms with van der Waals surface area (Å²) in [6, 6.07) is 7.92. The minimum Gasteiger partial charge on any atom is -0.369 e. The first-order valence-electron chi connectivity index (χ1n) is 7.28. The molecule has 1 fully saturated rings. The predicted molar refractivity (Wildman–Crippen MR) is 85.4 cm³/mol. The summed E-state index contributed by atoms with van der Waals surface area (Å²) in [6.45, 7) is 5.48. The molecule has 1 aromatic rings. The molecule has 0 atom stereocenters. The Hall–Kier alpha value is -1.22. The molecule has 0 bridgehead atoms. The summed E-state index contributed by atoms with van der Waals surface area (Å²) in [6.07, 6.45) is 4.65. The maximum Gasteiger partial charge on any atom is 0.196 e. The third kappa shape index (κ3) is 2.18. The monoisotopic (exact) mass is 291 g/mol. The Bertz CT molecular complexity index is 540. The van der Waals surface area contributed by atoms with Crippen LogP contribution in [0.2, 0.25) is 5.02 Å². The maximum absolute atomic E-state index is 6.38. The number of aliphatic imine (C=N–C) groups is 1. The smallest absolute Gasteiger partial charge is 0.196 e. The van der Waals surface area contributed by atoms with Crippen LogP contribution >= 0.6 is 11.6 Å². The van der Waals surface area contributed by atoms with Gasteiger partial charge in [-0.2, -0.15) is 0 Å². The van der Waals surface area contributed by atoms with Gasteiger partial charge in [-0.05, 0) is 43.2 Å². The zero-order chi connectivity index (χ0) is 14.4. The summed E-state index contributed by atoms with van der Waals surface area (Å²) in [5.41, 5.74) is 7.62. The van der Waals surface area contributed by atoms with Crippen LogP contribution in [-0.4, -0.2) is 18.0 Å². The Balaban J connectivity index is 1.96. The van der Waals surface area contributed by atoms with E-state index in [0.717, 1.165) is 30.1 Å². The summed E-state index contributed by atoms with van der Waals surface area (Å²) >= 11 is 6.38. The fraction of sp³-hybridized carbons (Fsp3) is 0.562. The highest BCUT2D eigenvalue weighted by Crippen LogP contribution is 2.47. The predicted octanol–water partition coefficient (Wildman–Crippen LogP) is 3.81. The van der Waals surface area contributed by atoms with Gasteiger partial charge in [0.1, 0.15) is 0 Å². The number of halogens is 1. The molecular weight excluding hydrogens is 270 g/mol. The number of rotatable bonds is 1. The number of anilines is 1. The van der Waals surface area contributed by atoms with Crippen molar-refractivity contribution in [2.45, 2.75) is 45.1 Å². The maximum atomic E-state index is 6.38. The van der Waals surface area contributed by atoms with E-state index < -0.39 is 0 Å². The number of nitrogens with zero attached hydrogens (tertiary/aromatic N) is 2. The van der Waals surface area contributed by atoms with Crippen LogP contribution in [0.25, 0.3) is 0 Å². The second-order valence-electron chi connectivity index (χ2n) is 6.85. The Morgan fingerprint density at radius 3 is 2.45 bits per heavy atom. The highest BCUT2D eigenvalue weighted by molar-refractivity contribution is 6.34. The van der Waals surface area contributed by atoms with Gasteiger partial charge in [0.15, 0.2) is 5.96 Å². The SMILES string of the molecule is CC1(C)CCC2(CC1)CN=C(N)N2c1ccccc1Cl. The summed E-state index contributed by atoms with van der Waals surface area (Å²) in [5, 5.41) is 0.747. The average Bonchev–Trinajstić information content (AvgIpc) is 2.72. The summed E-state index contributed by atoms with van der Waals surface area (Å²) in [5.74, 6) is 0.609. The zero-order valence-corrected chi connectivity index (χ0v) is 13.0. The summed E-state index contributed by atoms with van der Waals surface area (Å²) in [4.78, 5) is 6.71. The van der Waals surface area contributed by atoms with Crippen molar-refractivity contribution in [3.63, 3.8) is 0 Å². The molecule has 0 aromatic heterocycles. The van der Waals surface area contributed by atoms with Crippen LogP contribution in [0.15, 0.2) is 29.3 Å². The first-order chi connectivity index (χ1) is 9.44. The van der Waals surface area contributed by atoms with Gasteiger partial charge in [0.05, 0.1) is 22.8 Å². The van der Waals surface area contributed by atoms with Gasteiger partial charge in [-0.25, -0.2) is 0 Å². The van der Waals surface area contributed by atoms with Crippen molar-refractivity contribution in [2.24, 2.45) is 16.1 Å². The molecule has 1 saturated carbocycles. The summed E-state index contributed by atoms with van der Waals surface area (Å²) < 4.78 is 0. The van der Waals surface area contributed by atoms with E-state index in [0.29, 0.717) is 11.4 Å². The van der Waals surface area contributed by atoms with Gasteiger partial charge in [-0.3, -0.25) is 4.99 Å². The van der Waals surface area contributed by atoms with Crippen molar-refractivity contribution in [3.05, 3.63) is 29.3 Å². The molecule has 2 N–H and O–H groups in total. The van der Waals surface area contributed by atoms with Crippen molar-refractivity contribution in [2.75, 3.05) is 11.4 Å². The minimum atomic E-state index is 0.0323. The molecule has 0 radical (unpaired) electrons. The number of nitrogens with two attached hydrogens (primary N) is 1. The molecule has 1 heterocycles. The van der Waals surface area contributed by atoms with Crippen LogP contribution in [0.1, 0.15) is 39.5 Å². The molecule has 0 saturated heterocycles. The van der Waals surface area contributed by atoms with Gasteiger partial charge in [-0.15, -0.1) is 0 Å². The molecule has 20 heavy (non-hydrogen) atoms. The van der Waals surface area contributed by atoms with Crippen molar-refractivity contribution in [3.8, 4) is 0 Å². The van der Waals surface area contributed by atoms with Crippen molar-refractivity contribution in [1.29, 1.82) is 0 Å². The highest BCUT2D eigenvalue weighted by Gasteiger charge is 2.47. The third-order valence-corrected chi connectivity index (χ3v) is 5.19. The van der Waals surface area contributed by atoms with Gasteiger partial charge in [-0.1, -0.05) is 37.6 Å². The van der Waals surface area contributed by atoms with E-state index in [1.54, 1.807) is 0 Å². The van der Waals surface area contributed by atoms with Gasteiger partial charge in [0.2, 0.25) is 0 Å². The molecule has 1 aromatic carbocycles. The quantitative estimate of drug-likeness (QED) is 0.855. The van der Waals surface area contributed by atoms with E-state index >= 15 is 0 Å². The lowest BCUT2D eigenvalue weighted by atomic mass is 9.69. The van der Waals surface area contributed by atoms with E-state index in [2.05, 4.69) is 23.7 Å². The minimum absolute atomic E-state index is 0.0323. The van der Waals surface area contributed by atoms with Crippen LogP contribution in [0.4, 0.5) is 5.69 Å². The van der Waals surface area contributed by atoms with E-state index in [9.17, 15) is 0 Å². The third-order valence-electron chi connectivity index (χ3n) is 4.87. The van der Waals surface area contributed by atoms with Gasteiger partial charge in [0.25, 0.3) is 0 Å². The molecule has 1 spiro atoms. The van der Waals surface area contributed by atoms with E-state index in [1.807, 2.05) is 24.3 Å². The van der Waals surface area contributed by atoms with Crippen LogP contribution in [0, 0.1) is 5.41 Å². The number of hydrogen-bond donors (Lipinski definition) is 1. The Morgan fingerprint density at radius 2 is 1.80 bits per heavy atom. The van der Waals surface area contributed by atoms with E-state index in [4.69, 9.17) is 17.3 Å². The lowest BCUT2D eigenvalue weighted by molar-refractivity contribution is 0.176. The first-order valence-corrected chi connectivity index (χ1v) is 7.66. The van der Waals surface area contributed by atoms with Gasteiger partial charge < -0.3 is 10.6 Å². The molecule has 2 aliphatic rings. The van der Waals surface area contributed by atoms with Crippen LogP contribution in [0.3, 0.4) is 0 Å². The molecule has 3 nitrogen and oxygen atoms in total. The van der Waals surface area contributed by atoms with E-state index in [-0.39, 0.29) is 5.54 Å². The second kappa shape index (κ2) is 4.66. The van der Waals surface area contributed by atoms with Crippen LogP contribution in [0.5, 0.6) is 0 Å². The highest BCUT2D eigenvalue weighted by atomic mass is 35.5. The Labute approximate surface area is 125 Å². The van der Waals surface area contributed by atoms with Crippen molar-refractivity contribution >= 4 is 23.2 Å². The fourth-order valence-corrected chi connectivity index (χ4v) is 3.62. The lowest BCUT2D eigenvalue weighted by Crippen LogP contribution is -2.54. The Morgan fingerprint density at radius 1 is 1.15 bits per heavy atom. The molecule has 3 rings (SSSR count). The van der Waals surface area contributed by atoms with E-state index in [1.165, 1.54) is 12.8 Å². The number of benzene rings is 1. The largest absolute Gasteiger partial charge is 0.369 e. The lowest BCUT2D eigenvalue weighted by Gasteiger charge is -2.46. The zero-order valence-electron chi connectivity index (χ0n) is 12.2. The number of hydrogen-bond acceptors (Lipinski definition) is 3. The average molecular weight is 292 g/mol. The van der Waals surface area contributed by atoms with Crippen LogP contribution < -0.4 is 10.6 Å². The first kappa shape index (κ1) is 13.7. The molecular formula is C16H22ClN3. The standard InChI is InChI=1S/C16H22ClN3/c1-15(2)7-9-16(10-8-15)11-19-14(18)20(16)13-6-4-3-5-12(13)17/h3-6H,7-11H2,1-2H3,(H2,18,19). The fourth-order valence-electron chi connectivity index (χ4n) is 3.40. The molecule has 0 amide bonds.